The van der Waals surface area contributed by atoms with Crippen molar-refractivity contribution in [2.75, 3.05) is 26.4 Å². The summed E-state index contributed by atoms with van der Waals surface area (Å²) in [5.41, 5.74) is 8.55. The molecule has 0 atom stereocenters. The zero-order chi connectivity index (χ0) is 26.5. The van der Waals surface area contributed by atoms with Crippen molar-refractivity contribution in [3.05, 3.63) is 129 Å². The van der Waals surface area contributed by atoms with Crippen molar-refractivity contribution < 1.29 is 19.7 Å². The fourth-order valence-electron chi connectivity index (χ4n) is 5.90. The van der Waals surface area contributed by atoms with Crippen LogP contribution in [0.2, 0.25) is 0 Å². The van der Waals surface area contributed by atoms with Gasteiger partial charge in [0, 0.05) is 11.1 Å². The molecule has 4 heteroatoms. The molecule has 1 aliphatic carbocycles. The lowest BCUT2D eigenvalue weighted by Crippen LogP contribution is -2.37. The fraction of sp³-hybridized carbons (Fsp3) is 0.294. The molecule has 0 bridgehead atoms. The van der Waals surface area contributed by atoms with Crippen molar-refractivity contribution in [3.8, 4) is 11.5 Å². The lowest BCUT2D eigenvalue weighted by Gasteiger charge is -2.43. The SMILES string of the molecule is CCc1ccc(C2(c3ccc(CC)cc3OCCO)c3ccccc3Cc3ccccc32)c(OCCO)c1. The largest absolute Gasteiger partial charge is 0.491 e. The highest BCUT2D eigenvalue weighted by Crippen LogP contribution is 2.55. The Kier molecular flexibility index (Phi) is 7.82. The highest BCUT2D eigenvalue weighted by molar-refractivity contribution is 5.71. The van der Waals surface area contributed by atoms with Crippen molar-refractivity contribution >= 4 is 0 Å². The van der Waals surface area contributed by atoms with Crippen LogP contribution in [-0.4, -0.2) is 36.6 Å². The molecule has 38 heavy (non-hydrogen) atoms. The van der Waals surface area contributed by atoms with Crippen LogP contribution in [0, 0.1) is 0 Å². The fourth-order valence-corrected chi connectivity index (χ4v) is 5.90. The average Bonchev–Trinajstić information content (AvgIpc) is 2.97. The summed E-state index contributed by atoms with van der Waals surface area (Å²) in [5.74, 6) is 1.52. The number of aryl methyl sites for hydroxylation is 2. The van der Waals surface area contributed by atoms with E-state index in [2.05, 4.69) is 98.8 Å². The molecule has 0 heterocycles. The van der Waals surface area contributed by atoms with Gasteiger partial charge in [0.05, 0.1) is 18.6 Å². The summed E-state index contributed by atoms with van der Waals surface area (Å²) in [5, 5.41) is 19.4. The third kappa shape index (κ3) is 4.48. The first-order valence-corrected chi connectivity index (χ1v) is 13.6. The van der Waals surface area contributed by atoms with Crippen molar-refractivity contribution in [3.63, 3.8) is 0 Å². The molecule has 0 aliphatic heterocycles. The number of rotatable bonds is 10. The molecule has 0 aromatic heterocycles. The van der Waals surface area contributed by atoms with Gasteiger partial charge in [0.15, 0.2) is 0 Å². The summed E-state index contributed by atoms with van der Waals surface area (Å²) in [7, 11) is 0. The summed E-state index contributed by atoms with van der Waals surface area (Å²) >= 11 is 0. The Morgan fingerprint density at radius 2 is 1.05 bits per heavy atom. The van der Waals surface area contributed by atoms with Crippen LogP contribution in [0.15, 0.2) is 84.9 Å². The van der Waals surface area contributed by atoms with E-state index in [0.29, 0.717) is 0 Å². The number of hydrogen-bond acceptors (Lipinski definition) is 4. The monoisotopic (exact) mass is 508 g/mol. The number of ether oxygens (including phenoxy) is 2. The summed E-state index contributed by atoms with van der Waals surface area (Å²) in [6.07, 6.45) is 2.60. The van der Waals surface area contributed by atoms with Crippen LogP contribution in [0.4, 0.5) is 0 Å². The first-order valence-electron chi connectivity index (χ1n) is 13.6. The first-order chi connectivity index (χ1) is 18.7. The summed E-state index contributed by atoms with van der Waals surface area (Å²) < 4.78 is 12.6. The Hall–Kier alpha value is -3.60. The third-order valence-corrected chi connectivity index (χ3v) is 7.64. The number of fused-ring (bicyclic) bond motifs is 2. The predicted molar refractivity (Wildman–Crippen MR) is 151 cm³/mol. The summed E-state index contributed by atoms with van der Waals surface area (Å²) in [6.45, 7) is 4.56. The highest BCUT2D eigenvalue weighted by Gasteiger charge is 2.47. The van der Waals surface area contributed by atoms with Gasteiger partial charge in [0.25, 0.3) is 0 Å². The molecule has 0 radical (unpaired) electrons. The van der Waals surface area contributed by atoms with E-state index in [1.165, 1.54) is 33.4 Å². The van der Waals surface area contributed by atoms with Gasteiger partial charge in [0.2, 0.25) is 0 Å². The standard InChI is InChI=1S/C34H36O4/c1-3-24-13-15-30(32(21-24)37-19-17-35)34(31-16-14-25(4-2)22-33(31)38-20-18-36)28-11-7-5-9-26(28)23-27-10-6-8-12-29(27)34/h5-16,21-22,35-36H,3-4,17-20,23H2,1-2H3. The molecule has 4 aromatic rings. The van der Waals surface area contributed by atoms with E-state index in [9.17, 15) is 10.2 Å². The second-order valence-corrected chi connectivity index (χ2v) is 9.75. The maximum atomic E-state index is 9.68. The van der Waals surface area contributed by atoms with Crippen molar-refractivity contribution in [1.82, 2.24) is 0 Å². The molecule has 0 saturated carbocycles. The zero-order valence-corrected chi connectivity index (χ0v) is 22.2. The number of aliphatic hydroxyl groups excluding tert-OH is 2. The molecule has 1 aliphatic rings. The van der Waals surface area contributed by atoms with E-state index in [1.54, 1.807) is 0 Å². The Labute approximate surface area is 225 Å². The topological polar surface area (TPSA) is 58.9 Å². The molecule has 4 nitrogen and oxygen atoms in total. The van der Waals surface area contributed by atoms with Gasteiger partial charge in [-0.3, -0.25) is 0 Å². The Bertz CT molecular complexity index is 1300. The average molecular weight is 509 g/mol. The van der Waals surface area contributed by atoms with Crippen molar-refractivity contribution in [2.24, 2.45) is 0 Å². The number of hydrogen-bond donors (Lipinski definition) is 2. The molecule has 0 spiro atoms. The van der Waals surface area contributed by atoms with Crippen LogP contribution in [0.5, 0.6) is 11.5 Å². The summed E-state index contributed by atoms with van der Waals surface area (Å²) in [6, 6.07) is 30.2. The minimum atomic E-state index is -0.723. The van der Waals surface area contributed by atoms with Gasteiger partial charge in [-0.2, -0.15) is 0 Å². The van der Waals surface area contributed by atoms with Gasteiger partial charge in [-0.1, -0.05) is 86.6 Å². The molecule has 2 N–H and O–H groups in total. The molecule has 4 aromatic carbocycles. The van der Waals surface area contributed by atoms with E-state index in [-0.39, 0.29) is 26.4 Å². The molecule has 0 unspecified atom stereocenters. The second kappa shape index (κ2) is 11.4. The quantitative estimate of drug-likeness (QED) is 0.249. The zero-order valence-electron chi connectivity index (χ0n) is 22.2. The van der Waals surface area contributed by atoms with E-state index >= 15 is 0 Å². The van der Waals surface area contributed by atoms with Crippen LogP contribution in [0.3, 0.4) is 0 Å². The van der Waals surface area contributed by atoms with Crippen molar-refractivity contribution in [2.45, 2.75) is 38.5 Å². The Morgan fingerprint density at radius 3 is 1.47 bits per heavy atom. The molecule has 0 fully saturated rings. The minimum absolute atomic E-state index is 0.0635. The molecule has 196 valence electrons. The van der Waals surface area contributed by atoms with Gasteiger partial charge >= 0.3 is 0 Å². The highest BCUT2D eigenvalue weighted by atomic mass is 16.5. The Balaban J connectivity index is 1.94. The molecular formula is C34H36O4. The molecule has 0 saturated heterocycles. The van der Waals surface area contributed by atoms with Crippen LogP contribution < -0.4 is 9.47 Å². The van der Waals surface area contributed by atoms with E-state index in [0.717, 1.165) is 41.9 Å². The third-order valence-electron chi connectivity index (χ3n) is 7.64. The lowest BCUT2D eigenvalue weighted by atomic mass is 9.59. The van der Waals surface area contributed by atoms with E-state index in [4.69, 9.17) is 9.47 Å². The van der Waals surface area contributed by atoms with Gasteiger partial charge < -0.3 is 19.7 Å². The smallest absolute Gasteiger partial charge is 0.124 e. The van der Waals surface area contributed by atoms with E-state index in [1.807, 2.05) is 0 Å². The molecule has 5 rings (SSSR count). The maximum Gasteiger partial charge on any atom is 0.124 e. The van der Waals surface area contributed by atoms with Crippen LogP contribution >= 0.6 is 0 Å². The molecule has 0 amide bonds. The molecular weight excluding hydrogens is 472 g/mol. The van der Waals surface area contributed by atoms with Crippen LogP contribution in [0.1, 0.15) is 58.4 Å². The number of aliphatic hydroxyl groups is 2. The van der Waals surface area contributed by atoms with Gasteiger partial charge in [-0.25, -0.2) is 0 Å². The van der Waals surface area contributed by atoms with Crippen LogP contribution in [0.25, 0.3) is 0 Å². The second-order valence-electron chi connectivity index (χ2n) is 9.75. The number of benzene rings is 4. The normalized spacial score (nSPS) is 13.5. The van der Waals surface area contributed by atoms with Gasteiger partial charge in [0.1, 0.15) is 24.7 Å². The first kappa shape index (κ1) is 26.0. The van der Waals surface area contributed by atoms with Crippen molar-refractivity contribution in [1.29, 1.82) is 0 Å². The minimum Gasteiger partial charge on any atom is -0.491 e. The van der Waals surface area contributed by atoms with Gasteiger partial charge in [-0.05, 0) is 64.8 Å². The van der Waals surface area contributed by atoms with Gasteiger partial charge in [-0.15, -0.1) is 0 Å². The Morgan fingerprint density at radius 1 is 0.605 bits per heavy atom. The predicted octanol–water partition coefficient (Wildman–Crippen LogP) is 5.84. The van der Waals surface area contributed by atoms with E-state index < -0.39 is 5.41 Å². The lowest BCUT2D eigenvalue weighted by molar-refractivity contribution is 0.197. The maximum absolute atomic E-state index is 9.68. The van der Waals surface area contributed by atoms with Crippen LogP contribution in [-0.2, 0) is 24.7 Å². The summed E-state index contributed by atoms with van der Waals surface area (Å²) in [4.78, 5) is 0.